The Morgan fingerprint density at radius 3 is 0.745 bits per heavy atom. The molecule has 0 saturated carbocycles. The molecule has 2 aliphatic heterocycles. The van der Waals surface area contributed by atoms with Crippen LogP contribution in [0.3, 0.4) is 0 Å². The van der Waals surface area contributed by atoms with E-state index in [2.05, 4.69) is 0 Å². The molecule has 0 atom stereocenters. The van der Waals surface area contributed by atoms with Crippen molar-refractivity contribution in [2.45, 2.75) is 11.6 Å². The predicted molar refractivity (Wildman–Crippen MR) is 161 cm³/mol. The van der Waals surface area contributed by atoms with Gasteiger partial charge in [-0.1, -0.05) is 48.5 Å². The second-order valence-electron chi connectivity index (χ2n) is 11.4. The summed E-state index contributed by atoms with van der Waals surface area (Å²) in [6.07, 6.45) is 0. The fourth-order valence-electron chi connectivity index (χ4n) is 5.68. The van der Waals surface area contributed by atoms with Gasteiger partial charge >= 0.3 is 23.9 Å². The summed E-state index contributed by atoms with van der Waals surface area (Å²) in [5, 5.41) is 37.6. The van der Waals surface area contributed by atoms with Gasteiger partial charge < -0.3 is 39.4 Å². The van der Waals surface area contributed by atoms with Crippen molar-refractivity contribution in [1.29, 1.82) is 0 Å². The molecule has 0 amide bonds. The highest BCUT2D eigenvalue weighted by Crippen LogP contribution is 2.47. The third-order valence-electron chi connectivity index (χ3n) is 8.37. The van der Waals surface area contributed by atoms with E-state index in [1.807, 2.05) is 0 Å². The summed E-state index contributed by atoms with van der Waals surface area (Å²) in [6.45, 7) is 0.224. The van der Waals surface area contributed by atoms with Crippen LogP contribution in [0.1, 0.15) is 63.7 Å². The zero-order valence-electron chi connectivity index (χ0n) is 24.6. The summed E-state index contributed by atoms with van der Waals surface area (Å²) in [5.41, 5.74) is 1.40. The molecule has 2 aliphatic rings. The first-order valence-corrected chi connectivity index (χ1v) is 14.4. The molecule has 0 radical (unpaired) electrons. The van der Waals surface area contributed by atoms with E-state index >= 15 is 0 Å². The van der Waals surface area contributed by atoms with Gasteiger partial charge in [0.25, 0.3) is 0 Å². The van der Waals surface area contributed by atoms with Crippen LogP contribution in [0, 0.1) is 5.41 Å². The van der Waals surface area contributed by atoms with Crippen LogP contribution in [-0.2, 0) is 30.5 Å². The SMILES string of the molecule is O=C(O)c1ccc(C2(c3ccc(C(=O)O)cc3)OCC3(CO2)COC(c2ccc(C(=O)O)cc2)(c2ccc(C(=O)O)cc2)OC3)cc1. The van der Waals surface area contributed by atoms with Gasteiger partial charge in [-0.3, -0.25) is 0 Å². The van der Waals surface area contributed by atoms with Crippen molar-refractivity contribution in [1.82, 2.24) is 0 Å². The van der Waals surface area contributed by atoms with Crippen LogP contribution in [0.4, 0.5) is 0 Å². The third-order valence-corrected chi connectivity index (χ3v) is 8.37. The Hall–Kier alpha value is -5.40. The molecule has 6 rings (SSSR count). The molecule has 4 aromatic carbocycles. The number of carboxylic acids is 4. The first-order valence-electron chi connectivity index (χ1n) is 14.4. The molecule has 4 N–H and O–H groups in total. The van der Waals surface area contributed by atoms with Gasteiger partial charge in [0.2, 0.25) is 11.6 Å². The molecular weight excluding hydrogens is 612 g/mol. The minimum atomic E-state index is -1.51. The van der Waals surface area contributed by atoms with Gasteiger partial charge in [-0.25, -0.2) is 19.2 Å². The van der Waals surface area contributed by atoms with Crippen LogP contribution < -0.4 is 0 Å². The minimum absolute atomic E-state index is 0.0559. The van der Waals surface area contributed by atoms with Crippen LogP contribution in [0.2, 0.25) is 0 Å². The second-order valence-corrected chi connectivity index (χ2v) is 11.4. The summed E-state index contributed by atoms with van der Waals surface area (Å²) < 4.78 is 26.0. The molecule has 4 aromatic rings. The molecule has 0 aromatic heterocycles. The van der Waals surface area contributed by atoms with Crippen molar-refractivity contribution >= 4 is 23.9 Å². The lowest BCUT2D eigenvalue weighted by Gasteiger charge is -2.51. The van der Waals surface area contributed by atoms with Crippen LogP contribution in [0.15, 0.2) is 97.1 Å². The number of carboxylic acid groups (broad SMARTS) is 4. The molecule has 2 fully saturated rings. The maximum Gasteiger partial charge on any atom is 0.335 e. The molecule has 0 bridgehead atoms. The Morgan fingerprint density at radius 1 is 0.383 bits per heavy atom. The summed E-state index contributed by atoms with van der Waals surface area (Å²) in [5.74, 6) is -7.42. The van der Waals surface area contributed by atoms with Gasteiger partial charge in [-0.15, -0.1) is 0 Å². The van der Waals surface area contributed by atoms with E-state index in [4.69, 9.17) is 18.9 Å². The van der Waals surface area contributed by atoms with Crippen LogP contribution >= 0.6 is 0 Å². The third kappa shape index (κ3) is 5.75. The second kappa shape index (κ2) is 12.1. The summed E-state index contributed by atoms with van der Waals surface area (Å²) in [7, 11) is 0. The highest BCUT2D eigenvalue weighted by Gasteiger charge is 2.53. The zero-order chi connectivity index (χ0) is 33.4. The van der Waals surface area contributed by atoms with E-state index in [1.165, 1.54) is 48.5 Å². The lowest BCUT2D eigenvalue weighted by atomic mass is 9.85. The van der Waals surface area contributed by atoms with Crippen molar-refractivity contribution in [2.75, 3.05) is 26.4 Å². The van der Waals surface area contributed by atoms with Crippen LogP contribution in [-0.4, -0.2) is 70.7 Å². The Bertz CT molecular complexity index is 1550. The lowest BCUT2D eigenvalue weighted by Crippen LogP contribution is -2.57. The normalized spacial score (nSPS) is 17.9. The molecule has 2 saturated heterocycles. The van der Waals surface area contributed by atoms with Crippen molar-refractivity contribution in [3.8, 4) is 0 Å². The topological polar surface area (TPSA) is 186 Å². The number of rotatable bonds is 8. The number of benzene rings is 4. The molecule has 47 heavy (non-hydrogen) atoms. The van der Waals surface area contributed by atoms with E-state index < -0.39 is 40.9 Å². The summed E-state index contributed by atoms with van der Waals surface area (Å²) in [6, 6.07) is 24.0. The molecule has 0 aliphatic carbocycles. The quantitative estimate of drug-likeness (QED) is 0.209. The summed E-state index contributed by atoms with van der Waals surface area (Å²) >= 11 is 0. The van der Waals surface area contributed by atoms with Crippen molar-refractivity contribution in [2.24, 2.45) is 5.41 Å². The number of hydrogen-bond acceptors (Lipinski definition) is 8. The molecule has 12 heteroatoms. The van der Waals surface area contributed by atoms with Crippen LogP contribution in [0.25, 0.3) is 0 Å². The lowest BCUT2D eigenvalue weighted by molar-refractivity contribution is -0.357. The first-order chi connectivity index (χ1) is 22.5. The molecule has 0 unspecified atom stereocenters. The summed E-state index contributed by atoms with van der Waals surface area (Å²) in [4.78, 5) is 46.0. The van der Waals surface area contributed by atoms with Gasteiger partial charge in [0.1, 0.15) is 0 Å². The van der Waals surface area contributed by atoms with Crippen LogP contribution in [0.5, 0.6) is 0 Å². The molecule has 240 valence electrons. The van der Waals surface area contributed by atoms with Gasteiger partial charge in [0, 0.05) is 22.3 Å². The largest absolute Gasteiger partial charge is 0.478 e. The van der Waals surface area contributed by atoms with Gasteiger partial charge in [0.15, 0.2) is 0 Å². The van der Waals surface area contributed by atoms with Crippen molar-refractivity contribution in [3.63, 3.8) is 0 Å². The average molecular weight is 641 g/mol. The molecule has 2 heterocycles. The van der Waals surface area contributed by atoms with Crippen molar-refractivity contribution < 1.29 is 58.6 Å². The molecular formula is C35H28O12. The number of carbonyl (C=O) groups is 4. The maximum atomic E-state index is 11.5. The predicted octanol–water partition coefficient (Wildman–Crippen LogP) is 4.66. The Labute approximate surface area is 267 Å². The standard InChI is InChI=1S/C35H28O12/c36-29(37)21-1-9-25(10-2-21)34(26-11-3-22(4-12-26)30(38)39)44-17-33(18-45-34)19-46-35(47-20-33,27-13-5-23(6-14-27)31(40)41)28-15-7-24(8-16-28)32(42)43/h1-16H,17-20H2,(H,36,37)(H,38,39)(H,40,41)(H,42,43). The average Bonchev–Trinajstić information content (AvgIpc) is 3.09. The minimum Gasteiger partial charge on any atom is -0.478 e. The van der Waals surface area contributed by atoms with Gasteiger partial charge in [-0.2, -0.15) is 0 Å². The molecule has 1 spiro atoms. The Morgan fingerprint density at radius 2 is 0.574 bits per heavy atom. The highest BCUT2D eigenvalue weighted by atomic mass is 16.7. The zero-order valence-corrected chi connectivity index (χ0v) is 24.6. The maximum absolute atomic E-state index is 11.5. The number of hydrogen-bond donors (Lipinski definition) is 4. The fraction of sp³-hybridized carbons (Fsp3) is 0.200. The van der Waals surface area contributed by atoms with E-state index in [1.54, 1.807) is 48.5 Å². The molecule has 12 nitrogen and oxygen atoms in total. The van der Waals surface area contributed by atoms with Gasteiger partial charge in [-0.05, 0) is 48.5 Å². The van der Waals surface area contributed by atoms with E-state index in [-0.39, 0.29) is 48.7 Å². The van der Waals surface area contributed by atoms with E-state index in [0.717, 1.165) is 0 Å². The fourth-order valence-corrected chi connectivity index (χ4v) is 5.68. The monoisotopic (exact) mass is 640 g/mol. The highest BCUT2D eigenvalue weighted by molar-refractivity contribution is 5.89. The van der Waals surface area contributed by atoms with Gasteiger partial charge in [0.05, 0.1) is 54.1 Å². The first kappa shape index (κ1) is 31.6. The van der Waals surface area contributed by atoms with E-state index in [9.17, 15) is 39.6 Å². The van der Waals surface area contributed by atoms with E-state index in [0.29, 0.717) is 22.3 Å². The number of aromatic carboxylic acids is 4. The Balaban J connectivity index is 1.31. The smallest absolute Gasteiger partial charge is 0.335 e. The van der Waals surface area contributed by atoms with Crippen molar-refractivity contribution in [3.05, 3.63) is 142 Å². The number of ether oxygens (including phenoxy) is 4. The Kier molecular flexibility index (Phi) is 8.12.